The Balaban J connectivity index is 1.42. The monoisotopic (exact) mass is 407 g/mol. The van der Waals surface area contributed by atoms with Crippen LogP contribution in [0.3, 0.4) is 0 Å². The van der Waals surface area contributed by atoms with Crippen molar-refractivity contribution in [3.05, 3.63) is 64.2 Å². The van der Waals surface area contributed by atoms with E-state index in [1.54, 1.807) is 0 Å². The molecule has 2 fully saturated rings. The SMILES string of the molecule is Cc1ccc(C(=O)NC2CC[C@@H]3[C@H](CCCN3c3ccc(C#N)c(Cl)c3)C2)cc1. The van der Waals surface area contributed by atoms with Crippen LogP contribution in [0.5, 0.6) is 0 Å². The number of benzene rings is 2. The molecule has 5 heteroatoms. The lowest BCUT2D eigenvalue weighted by Crippen LogP contribution is -2.52. The van der Waals surface area contributed by atoms with Crippen molar-refractivity contribution >= 4 is 23.2 Å². The number of aryl methyl sites for hydroxylation is 1. The second-order valence-corrected chi connectivity index (χ2v) is 8.70. The Labute approximate surface area is 177 Å². The number of fused-ring (bicyclic) bond motifs is 1. The molecule has 2 aromatic rings. The van der Waals surface area contributed by atoms with Crippen LogP contribution in [0.4, 0.5) is 5.69 Å². The average Bonchev–Trinajstić information content (AvgIpc) is 2.73. The quantitative estimate of drug-likeness (QED) is 0.771. The molecule has 2 aliphatic rings. The van der Waals surface area contributed by atoms with Crippen molar-refractivity contribution in [1.82, 2.24) is 5.32 Å². The predicted octanol–water partition coefficient (Wildman–Crippen LogP) is 5.09. The fourth-order valence-corrected chi connectivity index (χ4v) is 5.07. The fourth-order valence-electron chi connectivity index (χ4n) is 4.86. The molecule has 2 aromatic carbocycles. The van der Waals surface area contributed by atoms with Crippen LogP contribution in [0.2, 0.25) is 5.02 Å². The van der Waals surface area contributed by atoms with Gasteiger partial charge in [0.05, 0.1) is 10.6 Å². The summed E-state index contributed by atoms with van der Waals surface area (Å²) in [7, 11) is 0. The first-order valence-electron chi connectivity index (χ1n) is 10.4. The first-order chi connectivity index (χ1) is 14.0. The Hall–Kier alpha value is -2.51. The molecule has 1 unspecified atom stereocenters. The molecule has 4 nitrogen and oxygen atoms in total. The van der Waals surface area contributed by atoms with Gasteiger partial charge in [-0.15, -0.1) is 0 Å². The first-order valence-corrected chi connectivity index (χ1v) is 10.8. The lowest BCUT2D eigenvalue weighted by molar-refractivity contribution is 0.0908. The van der Waals surface area contributed by atoms with Crippen molar-refractivity contribution in [2.75, 3.05) is 11.4 Å². The zero-order valence-corrected chi connectivity index (χ0v) is 17.5. The number of amides is 1. The van der Waals surface area contributed by atoms with Gasteiger partial charge in [0.1, 0.15) is 6.07 Å². The number of piperidine rings is 1. The van der Waals surface area contributed by atoms with Crippen molar-refractivity contribution in [2.24, 2.45) is 5.92 Å². The molecular weight excluding hydrogens is 382 g/mol. The van der Waals surface area contributed by atoms with Crippen molar-refractivity contribution in [1.29, 1.82) is 5.26 Å². The van der Waals surface area contributed by atoms with Crippen LogP contribution in [0, 0.1) is 24.2 Å². The maximum absolute atomic E-state index is 12.6. The number of nitriles is 1. The Morgan fingerprint density at radius 2 is 1.97 bits per heavy atom. The van der Waals surface area contributed by atoms with E-state index in [2.05, 4.69) is 16.3 Å². The lowest BCUT2D eigenvalue weighted by Gasteiger charge is -2.47. The maximum Gasteiger partial charge on any atom is 0.251 e. The molecule has 4 rings (SSSR count). The molecule has 1 N–H and O–H groups in total. The fraction of sp³-hybridized carbons (Fsp3) is 0.417. The molecular formula is C24H26ClN3O. The number of nitrogens with one attached hydrogen (secondary N) is 1. The largest absolute Gasteiger partial charge is 0.368 e. The van der Waals surface area contributed by atoms with Gasteiger partial charge in [-0.1, -0.05) is 29.3 Å². The summed E-state index contributed by atoms with van der Waals surface area (Å²) in [6.07, 6.45) is 5.39. The molecule has 3 atom stereocenters. The minimum Gasteiger partial charge on any atom is -0.368 e. The van der Waals surface area contributed by atoms with E-state index in [4.69, 9.17) is 16.9 Å². The molecule has 0 aromatic heterocycles. The van der Waals surface area contributed by atoms with Crippen molar-refractivity contribution < 1.29 is 4.79 Å². The van der Waals surface area contributed by atoms with Crippen LogP contribution in [0.15, 0.2) is 42.5 Å². The van der Waals surface area contributed by atoms with E-state index in [0.717, 1.165) is 49.0 Å². The molecule has 1 aliphatic carbocycles. The number of nitrogens with zero attached hydrogens (tertiary/aromatic N) is 2. The Bertz CT molecular complexity index is 934. The number of hydrogen-bond donors (Lipinski definition) is 1. The zero-order valence-electron chi connectivity index (χ0n) is 16.7. The maximum atomic E-state index is 12.6. The van der Waals surface area contributed by atoms with Gasteiger partial charge in [-0.2, -0.15) is 5.26 Å². The number of carbonyl (C=O) groups is 1. The van der Waals surface area contributed by atoms with Gasteiger partial charge in [-0.3, -0.25) is 4.79 Å². The molecule has 1 heterocycles. The molecule has 0 spiro atoms. The lowest BCUT2D eigenvalue weighted by atomic mass is 9.76. The highest BCUT2D eigenvalue weighted by Crippen LogP contribution is 2.38. The highest BCUT2D eigenvalue weighted by molar-refractivity contribution is 6.32. The summed E-state index contributed by atoms with van der Waals surface area (Å²) in [6.45, 7) is 3.04. The van der Waals surface area contributed by atoms with Crippen LogP contribution in [-0.2, 0) is 0 Å². The summed E-state index contributed by atoms with van der Waals surface area (Å²) in [6, 6.07) is 16.3. The number of hydrogen-bond acceptors (Lipinski definition) is 3. The second kappa shape index (κ2) is 8.47. The van der Waals surface area contributed by atoms with E-state index in [-0.39, 0.29) is 11.9 Å². The minimum atomic E-state index is 0.0278. The highest BCUT2D eigenvalue weighted by atomic mass is 35.5. The summed E-state index contributed by atoms with van der Waals surface area (Å²) in [5.74, 6) is 0.593. The molecule has 150 valence electrons. The summed E-state index contributed by atoms with van der Waals surface area (Å²) in [4.78, 5) is 15.1. The van der Waals surface area contributed by atoms with Gasteiger partial charge in [0.2, 0.25) is 0 Å². The molecule has 0 bridgehead atoms. The van der Waals surface area contributed by atoms with Crippen LogP contribution in [0.25, 0.3) is 0 Å². The van der Waals surface area contributed by atoms with E-state index in [1.807, 2.05) is 49.4 Å². The Morgan fingerprint density at radius 1 is 1.17 bits per heavy atom. The summed E-state index contributed by atoms with van der Waals surface area (Å²) in [5, 5.41) is 12.9. The highest BCUT2D eigenvalue weighted by Gasteiger charge is 2.37. The number of carbonyl (C=O) groups excluding carboxylic acids is 1. The third kappa shape index (κ3) is 4.26. The molecule has 1 aliphatic heterocycles. The van der Waals surface area contributed by atoms with Gasteiger partial charge in [0, 0.05) is 29.9 Å². The minimum absolute atomic E-state index is 0.0278. The molecule has 29 heavy (non-hydrogen) atoms. The van der Waals surface area contributed by atoms with Gasteiger partial charge in [0.25, 0.3) is 5.91 Å². The van der Waals surface area contributed by atoms with Gasteiger partial charge in [-0.25, -0.2) is 0 Å². The smallest absolute Gasteiger partial charge is 0.251 e. The summed E-state index contributed by atoms with van der Waals surface area (Å²) in [5.41, 5.74) is 3.51. The molecule has 0 radical (unpaired) electrons. The van der Waals surface area contributed by atoms with Gasteiger partial charge in [0.15, 0.2) is 0 Å². The average molecular weight is 408 g/mol. The standard InChI is InChI=1S/C24H26ClN3O/c1-16-4-6-17(7-5-16)24(29)27-20-9-11-23-18(13-20)3-2-12-28(23)21-10-8-19(15-26)22(25)14-21/h4-8,10,14,18,20,23H,2-3,9,11-13H2,1H3,(H,27,29)/t18-,20?,23-/m1/s1. The number of halogens is 1. The molecule has 1 saturated carbocycles. The van der Waals surface area contributed by atoms with Crippen molar-refractivity contribution in [3.8, 4) is 6.07 Å². The van der Waals surface area contributed by atoms with Gasteiger partial charge in [-0.05, 0) is 75.3 Å². The topological polar surface area (TPSA) is 56.1 Å². The Morgan fingerprint density at radius 3 is 2.69 bits per heavy atom. The van der Waals surface area contributed by atoms with Crippen LogP contribution in [-0.4, -0.2) is 24.5 Å². The van der Waals surface area contributed by atoms with Crippen LogP contribution in [0.1, 0.15) is 53.6 Å². The predicted molar refractivity (Wildman–Crippen MR) is 116 cm³/mol. The van der Waals surface area contributed by atoms with E-state index < -0.39 is 0 Å². The van der Waals surface area contributed by atoms with E-state index in [0.29, 0.717) is 22.5 Å². The van der Waals surface area contributed by atoms with Crippen LogP contribution >= 0.6 is 11.6 Å². The number of anilines is 1. The van der Waals surface area contributed by atoms with Crippen molar-refractivity contribution in [2.45, 2.75) is 51.1 Å². The van der Waals surface area contributed by atoms with Crippen molar-refractivity contribution in [3.63, 3.8) is 0 Å². The third-order valence-electron chi connectivity index (χ3n) is 6.37. The Kier molecular flexibility index (Phi) is 5.78. The second-order valence-electron chi connectivity index (χ2n) is 8.29. The third-order valence-corrected chi connectivity index (χ3v) is 6.68. The molecule has 1 saturated heterocycles. The first kappa shape index (κ1) is 19.8. The van der Waals surface area contributed by atoms with E-state index >= 15 is 0 Å². The summed E-state index contributed by atoms with van der Waals surface area (Å²) >= 11 is 6.28. The van der Waals surface area contributed by atoms with E-state index in [1.165, 1.54) is 6.42 Å². The van der Waals surface area contributed by atoms with Gasteiger partial charge >= 0.3 is 0 Å². The summed E-state index contributed by atoms with van der Waals surface area (Å²) < 4.78 is 0. The van der Waals surface area contributed by atoms with Crippen LogP contribution < -0.4 is 10.2 Å². The number of rotatable bonds is 3. The normalized spacial score (nSPS) is 23.8. The zero-order chi connectivity index (χ0) is 20.4. The van der Waals surface area contributed by atoms with Gasteiger partial charge < -0.3 is 10.2 Å². The van der Waals surface area contributed by atoms with E-state index in [9.17, 15) is 4.79 Å². The molecule has 1 amide bonds.